The van der Waals surface area contributed by atoms with Crippen molar-refractivity contribution in [2.24, 2.45) is 0 Å². The molecule has 1 aliphatic carbocycles. The molecule has 1 saturated carbocycles. The van der Waals surface area contributed by atoms with Crippen LogP contribution in [0, 0.1) is 0 Å². The van der Waals surface area contributed by atoms with E-state index in [9.17, 15) is 21.6 Å². The first-order valence-corrected chi connectivity index (χ1v) is 12.7. The molecule has 2 aliphatic rings. The molecule has 0 radical (unpaired) electrons. The van der Waals surface area contributed by atoms with Gasteiger partial charge in [-0.3, -0.25) is 4.79 Å². The van der Waals surface area contributed by atoms with Crippen LogP contribution in [-0.2, 0) is 24.7 Å². The second-order valence-electron chi connectivity index (χ2n) is 7.33. The Morgan fingerprint density at radius 1 is 1.04 bits per heavy atom. The molecule has 2 rings (SSSR count). The summed E-state index contributed by atoms with van der Waals surface area (Å²) in [4.78, 5) is 13.9. The van der Waals surface area contributed by atoms with Gasteiger partial charge in [0, 0.05) is 32.1 Å². The molecule has 2 fully saturated rings. The van der Waals surface area contributed by atoms with E-state index in [4.69, 9.17) is 0 Å². The Morgan fingerprint density at radius 2 is 1.64 bits per heavy atom. The van der Waals surface area contributed by atoms with Gasteiger partial charge in [0.25, 0.3) is 0 Å². The number of sulfone groups is 1. The fourth-order valence-corrected chi connectivity index (χ4v) is 6.78. The first kappa shape index (κ1) is 20.6. The van der Waals surface area contributed by atoms with Gasteiger partial charge in [0.2, 0.25) is 15.9 Å². The number of carbonyl (C=O) groups is 1. The van der Waals surface area contributed by atoms with E-state index >= 15 is 0 Å². The number of amides is 1. The first-order chi connectivity index (χ1) is 11.6. The molecule has 0 aromatic carbocycles. The van der Waals surface area contributed by atoms with Crippen molar-refractivity contribution in [1.29, 1.82) is 0 Å². The molecule has 0 aromatic rings. The zero-order chi connectivity index (χ0) is 18.7. The standard InChI is InChI=1S/C16H30N2O5S2/c1-17(15-10-12-25(22,23)13-15)16(19)9-11-18(24(2,20)21)14-7-5-3-4-6-8-14/h14-15H,3-13H2,1-2H3. The Bertz CT molecular complexity index is 667. The third-order valence-electron chi connectivity index (χ3n) is 5.35. The van der Waals surface area contributed by atoms with Crippen LogP contribution in [0.25, 0.3) is 0 Å². The van der Waals surface area contributed by atoms with Gasteiger partial charge in [-0.25, -0.2) is 16.8 Å². The van der Waals surface area contributed by atoms with Crippen molar-refractivity contribution in [3.05, 3.63) is 0 Å². The summed E-state index contributed by atoms with van der Waals surface area (Å²) < 4.78 is 49.0. The van der Waals surface area contributed by atoms with Crippen molar-refractivity contribution in [2.45, 2.75) is 63.5 Å². The monoisotopic (exact) mass is 394 g/mol. The number of nitrogens with zero attached hydrogens (tertiary/aromatic N) is 2. The van der Waals surface area contributed by atoms with Crippen molar-refractivity contribution < 1.29 is 21.6 Å². The van der Waals surface area contributed by atoms with Crippen LogP contribution < -0.4 is 0 Å². The predicted molar refractivity (Wildman–Crippen MR) is 97.5 cm³/mol. The Kier molecular flexibility index (Phi) is 6.89. The zero-order valence-electron chi connectivity index (χ0n) is 15.2. The van der Waals surface area contributed by atoms with Gasteiger partial charge in [0.05, 0.1) is 17.8 Å². The average Bonchev–Trinajstić information content (AvgIpc) is 2.72. The predicted octanol–water partition coefficient (Wildman–Crippen LogP) is 1.01. The Balaban J connectivity index is 1.96. The third kappa shape index (κ3) is 5.92. The summed E-state index contributed by atoms with van der Waals surface area (Å²) in [5.74, 6) is -0.0649. The summed E-state index contributed by atoms with van der Waals surface area (Å²) in [6.07, 6.45) is 7.75. The van der Waals surface area contributed by atoms with E-state index in [1.165, 1.54) is 15.5 Å². The second kappa shape index (κ2) is 8.35. The van der Waals surface area contributed by atoms with Crippen LogP contribution in [0.4, 0.5) is 0 Å². The highest BCUT2D eigenvalue weighted by Gasteiger charge is 2.33. The topological polar surface area (TPSA) is 91.8 Å². The molecule has 0 aromatic heterocycles. The average molecular weight is 395 g/mol. The fourth-order valence-electron chi connectivity index (χ4n) is 3.83. The number of hydrogen-bond donors (Lipinski definition) is 0. The zero-order valence-corrected chi connectivity index (χ0v) is 16.8. The minimum Gasteiger partial charge on any atom is -0.342 e. The molecular formula is C16H30N2O5S2. The molecule has 146 valence electrons. The van der Waals surface area contributed by atoms with E-state index in [0.29, 0.717) is 6.42 Å². The summed E-state index contributed by atoms with van der Waals surface area (Å²) in [5.41, 5.74) is 0. The van der Waals surface area contributed by atoms with E-state index in [2.05, 4.69) is 0 Å². The van der Waals surface area contributed by atoms with Crippen molar-refractivity contribution in [2.75, 3.05) is 31.4 Å². The molecule has 1 atom stereocenters. The normalized spacial score (nSPS) is 25.0. The lowest BCUT2D eigenvalue weighted by Crippen LogP contribution is -2.43. The van der Waals surface area contributed by atoms with E-state index in [-0.39, 0.29) is 42.5 Å². The van der Waals surface area contributed by atoms with Gasteiger partial charge in [-0.1, -0.05) is 25.7 Å². The highest BCUT2D eigenvalue weighted by molar-refractivity contribution is 7.91. The van der Waals surface area contributed by atoms with Gasteiger partial charge in [0.1, 0.15) is 0 Å². The maximum Gasteiger partial charge on any atom is 0.223 e. The Labute approximate surface area is 151 Å². The molecule has 1 aliphatic heterocycles. The minimum atomic E-state index is -3.37. The van der Waals surface area contributed by atoms with Gasteiger partial charge in [-0.2, -0.15) is 4.31 Å². The maximum atomic E-state index is 12.4. The lowest BCUT2D eigenvalue weighted by molar-refractivity contribution is -0.131. The molecule has 0 N–H and O–H groups in total. The molecule has 1 amide bonds. The fraction of sp³-hybridized carbons (Fsp3) is 0.938. The highest BCUT2D eigenvalue weighted by Crippen LogP contribution is 2.24. The quantitative estimate of drug-likeness (QED) is 0.627. The third-order valence-corrected chi connectivity index (χ3v) is 8.44. The molecule has 1 unspecified atom stereocenters. The molecule has 1 saturated heterocycles. The van der Waals surface area contributed by atoms with Gasteiger partial charge in [-0.15, -0.1) is 0 Å². The number of rotatable bonds is 6. The van der Waals surface area contributed by atoms with Crippen LogP contribution in [0.15, 0.2) is 0 Å². The van der Waals surface area contributed by atoms with E-state index < -0.39 is 19.9 Å². The molecule has 0 spiro atoms. The molecule has 0 bridgehead atoms. The van der Waals surface area contributed by atoms with E-state index in [1.54, 1.807) is 7.05 Å². The Morgan fingerprint density at radius 3 is 2.12 bits per heavy atom. The number of carbonyl (C=O) groups excluding carboxylic acids is 1. The van der Waals surface area contributed by atoms with E-state index in [1.807, 2.05) is 0 Å². The van der Waals surface area contributed by atoms with Crippen LogP contribution in [0.5, 0.6) is 0 Å². The van der Waals surface area contributed by atoms with Crippen LogP contribution >= 0.6 is 0 Å². The summed E-state index contributed by atoms with van der Waals surface area (Å²) in [5, 5.41) is 0. The van der Waals surface area contributed by atoms with Crippen molar-refractivity contribution in [1.82, 2.24) is 9.21 Å². The Hall–Kier alpha value is -0.670. The van der Waals surface area contributed by atoms with Gasteiger partial charge in [-0.05, 0) is 19.3 Å². The smallest absolute Gasteiger partial charge is 0.223 e. The largest absolute Gasteiger partial charge is 0.342 e. The molecule has 7 nitrogen and oxygen atoms in total. The van der Waals surface area contributed by atoms with Crippen molar-refractivity contribution >= 4 is 25.8 Å². The summed E-state index contributed by atoms with van der Waals surface area (Å²) in [6.45, 7) is 0.173. The summed E-state index contributed by atoms with van der Waals surface area (Å²) in [7, 11) is -4.81. The van der Waals surface area contributed by atoms with Crippen LogP contribution in [0.2, 0.25) is 0 Å². The lowest BCUT2D eigenvalue weighted by atomic mass is 10.1. The van der Waals surface area contributed by atoms with Crippen molar-refractivity contribution in [3.8, 4) is 0 Å². The lowest BCUT2D eigenvalue weighted by Gasteiger charge is -2.30. The van der Waals surface area contributed by atoms with E-state index in [0.717, 1.165) is 38.5 Å². The molecular weight excluding hydrogens is 364 g/mol. The van der Waals surface area contributed by atoms with Gasteiger partial charge >= 0.3 is 0 Å². The highest BCUT2D eigenvalue weighted by atomic mass is 32.2. The summed E-state index contributed by atoms with van der Waals surface area (Å²) >= 11 is 0. The first-order valence-electron chi connectivity index (χ1n) is 9.03. The maximum absolute atomic E-state index is 12.4. The minimum absolute atomic E-state index is 0.00759. The van der Waals surface area contributed by atoms with Gasteiger partial charge < -0.3 is 4.90 Å². The number of hydrogen-bond acceptors (Lipinski definition) is 5. The molecule has 9 heteroatoms. The van der Waals surface area contributed by atoms with Crippen molar-refractivity contribution in [3.63, 3.8) is 0 Å². The molecule has 1 heterocycles. The SMILES string of the molecule is CN(C(=O)CCN(C1CCCCCC1)S(C)(=O)=O)C1CCS(=O)(=O)C1. The number of sulfonamides is 1. The van der Waals surface area contributed by atoms with Gasteiger partial charge in [0.15, 0.2) is 9.84 Å². The van der Waals surface area contributed by atoms with Crippen LogP contribution in [0.1, 0.15) is 51.4 Å². The van der Waals surface area contributed by atoms with Crippen LogP contribution in [-0.4, -0.2) is 75.4 Å². The molecule has 25 heavy (non-hydrogen) atoms. The van der Waals surface area contributed by atoms with Crippen LogP contribution in [0.3, 0.4) is 0 Å². The second-order valence-corrected chi connectivity index (χ2v) is 11.5. The summed E-state index contributed by atoms with van der Waals surface area (Å²) in [6, 6.07) is -0.315.